The van der Waals surface area contributed by atoms with Crippen LogP contribution in [-0.2, 0) is 20.4 Å². The molecule has 0 saturated heterocycles. The molecule has 1 unspecified atom stereocenters. The molecule has 1 atom stereocenters. The number of nitriles is 1. The molecule has 7 nitrogen and oxygen atoms in total. The van der Waals surface area contributed by atoms with Crippen LogP contribution >= 0.6 is 8.53 Å². The third-order valence-electron chi connectivity index (χ3n) is 4.42. The molecule has 0 saturated carbocycles. The zero-order chi connectivity index (χ0) is 22.9. The average molecular weight is 452 g/mol. The lowest BCUT2D eigenvalue weighted by atomic mass is 10.2. The summed E-state index contributed by atoms with van der Waals surface area (Å²) < 4.78 is 19.4. The van der Waals surface area contributed by atoms with Crippen molar-refractivity contribution in [3.05, 3.63) is 35.9 Å². The number of hydrogen-bond donors (Lipinski definition) is 1. The lowest BCUT2D eigenvalue weighted by Crippen LogP contribution is -2.33. The van der Waals surface area contributed by atoms with Crippen molar-refractivity contribution in [3.63, 3.8) is 0 Å². The summed E-state index contributed by atoms with van der Waals surface area (Å²) in [5.74, 6) is 0. The second-order valence-corrected chi connectivity index (χ2v) is 9.24. The van der Waals surface area contributed by atoms with Crippen molar-refractivity contribution in [2.75, 3.05) is 19.8 Å². The number of unbranched alkanes of at least 4 members (excludes halogenated alkanes) is 3. The highest BCUT2D eigenvalue weighted by Crippen LogP contribution is 2.46. The highest BCUT2D eigenvalue weighted by molar-refractivity contribution is 7.44. The van der Waals surface area contributed by atoms with Gasteiger partial charge in [-0.2, -0.15) is 5.26 Å². The summed E-state index contributed by atoms with van der Waals surface area (Å²) in [5.41, 5.74) is 0.975. The number of alkyl carbamates (subject to hydrolysis) is 1. The Morgan fingerprint density at radius 1 is 1.03 bits per heavy atom. The van der Waals surface area contributed by atoms with Gasteiger partial charge in [-0.1, -0.05) is 43.2 Å². The summed E-state index contributed by atoms with van der Waals surface area (Å²) in [6.07, 6.45) is 3.85. The topological polar surface area (TPSA) is 83.8 Å². The number of hydrogen-bond acceptors (Lipinski definition) is 6. The number of nitrogens with one attached hydrogen (secondary N) is 1. The van der Waals surface area contributed by atoms with Crippen molar-refractivity contribution in [2.24, 2.45) is 0 Å². The van der Waals surface area contributed by atoms with Crippen molar-refractivity contribution in [1.82, 2.24) is 9.99 Å². The van der Waals surface area contributed by atoms with Crippen molar-refractivity contribution in [1.29, 1.82) is 5.26 Å². The van der Waals surface area contributed by atoms with Gasteiger partial charge >= 0.3 is 6.09 Å². The van der Waals surface area contributed by atoms with E-state index in [2.05, 4.69) is 43.8 Å². The number of ether oxygens (including phenoxy) is 1. The maximum Gasteiger partial charge on any atom is 0.407 e. The van der Waals surface area contributed by atoms with Gasteiger partial charge in [0.1, 0.15) is 6.61 Å². The average Bonchev–Trinajstić information content (AvgIpc) is 2.74. The van der Waals surface area contributed by atoms with E-state index in [9.17, 15) is 4.79 Å². The van der Waals surface area contributed by atoms with E-state index < -0.39 is 8.53 Å². The fourth-order valence-electron chi connectivity index (χ4n) is 3.00. The van der Waals surface area contributed by atoms with E-state index in [4.69, 9.17) is 19.0 Å². The van der Waals surface area contributed by atoms with Crippen LogP contribution in [0, 0.1) is 11.3 Å². The SMILES string of the molecule is CC(C)N(C(C)C)P(OCCC#N)OCCCCCCNC(=O)OCc1ccccc1. The molecule has 0 spiro atoms. The molecule has 1 aromatic carbocycles. The first-order valence-corrected chi connectivity index (χ1v) is 12.2. The Balaban J connectivity index is 2.16. The van der Waals surface area contributed by atoms with E-state index in [0.29, 0.717) is 38.3 Å². The van der Waals surface area contributed by atoms with Gasteiger partial charge in [0.2, 0.25) is 0 Å². The minimum Gasteiger partial charge on any atom is -0.445 e. The molecule has 0 aliphatic heterocycles. The van der Waals surface area contributed by atoms with E-state index in [1.807, 2.05) is 30.3 Å². The molecule has 0 bridgehead atoms. The Hall–Kier alpha value is -1.71. The fraction of sp³-hybridized carbons (Fsp3) is 0.652. The van der Waals surface area contributed by atoms with Crippen molar-refractivity contribution in [3.8, 4) is 6.07 Å². The summed E-state index contributed by atoms with van der Waals surface area (Å²) >= 11 is 0. The minimum absolute atomic E-state index is 0.285. The standard InChI is InChI=1S/C23H38N3O4P/c1-20(2)26(21(3)4)31(30-18-12-15-24)29-17-11-6-5-10-16-25-23(27)28-19-22-13-8-7-9-14-22/h7-9,13-14,20-21H,5-6,10-12,16-19H2,1-4H3,(H,25,27). The van der Waals surface area contributed by atoms with Crippen LogP contribution in [0.15, 0.2) is 30.3 Å². The van der Waals surface area contributed by atoms with E-state index in [1.54, 1.807) is 0 Å². The van der Waals surface area contributed by atoms with E-state index in [-0.39, 0.29) is 12.7 Å². The maximum atomic E-state index is 11.7. The van der Waals surface area contributed by atoms with Gasteiger partial charge in [0.05, 0.1) is 25.7 Å². The number of carbonyl (C=O) groups is 1. The van der Waals surface area contributed by atoms with Crippen LogP contribution in [0.25, 0.3) is 0 Å². The predicted octanol–water partition coefficient (Wildman–Crippen LogP) is 5.77. The predicted molar refractivity (Wildman–Crippen MR) is 124 cm³/mol. The smallest absolute Gasteiger partial charge is 0.407 e. The van der Waals surface area contributed by atoms with Crippen LogP contribution in [-0.4, -0.2) is 42.6 Å². The van der Waals surface area contributed by atoms with Gasteiger partial charge in [0, 0.05) is 18.6 Å². The zero-order valence-corrected chi connectivity index (χ0v) is 20.3. The Kier molecular flexibility index (Phi) is 14.9. The second-order valence-electron chi connectivity index (χ2n) is 7.78. The molecule has 1 rings (SSSR count). The minimum atomic E-state index is -1.17. The quantitative estimate of drug-likeness (QED) is 0.254. The summed E-state index contributed by atoms with van der Waals surface area (Å²) in [5, 5.41) is 11.5. The number of nitrogens with zero attached hydrogens (tertiary/aromatic N) is 2. The van der Waals surface area contributed by atoms with E-state index in [0.717, 1.165) is 31.2 Å². The Morgan fingerprint density at radius 3 is 2.32 bits per heavy atom. The van der Waals surface area contributed by atoms with Crippen molar-refractivity contribution < 1.29 is 18.6 Å². The molecule has 31 heavy (non-hydrogen) atoms. The van der Waals surface area contributed by atoms with Crippen LogP contribution in [0.2, 0.25) is 0 Å². The molecule has 0 radical (unpaired) electrons. The summed E-state index contributed by atoms with van der Waals surface area (Å²) in [7, 11) is -1.17. The van der Waals surface area contributed by atoms with Crippen LogP contribution < -0.4 is 5.32 Å². The normalized spacial score (nSPS) is 12.2. The highest BCUT2D eigenvalue weighted by atomic mass is 31.2. The van der Waals surface area contributed by atoms with Gasteiger partial charge < -0.3 is 19.1 Å². The van der Waals surface area contributed by atoms with Gasteiger partial charge in [-0.05, 0) is 46.1 Å². The zero-order valence-electron chi connectivity index (χ0n) is 19.4. The lowest BCUT2D eigenvalue weighted by molar-refractivity contribution is 0.139. The third kappa shape index (κ3) is 12.7. The summed E-state index contributed by atoms with van der Waals surface area (Å²) in [4.78, 5) is 11.7. The number of carbonyl (C=O) groups excluding carboxylic acids is 1. The third-order valence-corrected chi connectivity index (χ3v) is 6.53. The maximum absolute atomic E-state index is 11.7. The molecule has 0 heterocycles. The van der Waals surface area contributed by atoms with E-state index in [1.165, 1.54) is 0 Å². The molecule has 0 aromatic heterocycles. The Morgan fingerprint density at radius 2 is 1.68 bits per heavy atom. The molecule has 0 aliphatic carbocycles. The van der Waals surface area contributed by atoms with Crippen LogP contribution in [0.1, 0.15) is 65.4 Å². The molecule has 1 aromatic rings. The Bertz CT molecular complexity index is 629. The number of amides is 1. The molecule has 174 valence electrons. The molecular formula is C23H38N3O4P. The first-order chi connectivity index (χ1) is 15.0. The number of benzene rings is 1. The molecule has 1 amide bonds. The molecular weight excluding hydrogens is 413 g/mol. The molecule has 0 aliphatic rings. The van der Waals surface area contributed by atoms with Gasteiger partial charge in [0.15, 0.2) is 0 Å². The monoisotopic (exact) mass is 451 g/mol. The van der Waals surface area contributed by atoms with Crippen molar-refractivity contribution >= 4 is 14.6 Å². The molecule has 0 fully saturated rings. The number of rotatable bonds is 16. The van der Waals surface area contributed by atoms with E-state index >= 15 is 0 Å². The summed E-state index contributed by atoms with van der Waals surface area (Å²) in [6.45, 7) is 10.4. The fourth-order valence-corrected chi connectivity index (χ4v) is 4.63. The van der Waals surface area contributed by atoms with Gasteiger partial charge in [-0.25, -0.2) is 9.46 Å². The first kappa shape index (κ1) is 27.3. The molecule has 1 N–H and O–H groups in total. The van der Waals surface area contributed by atoms with Crippen LogP contribution in [0.3, 0.4) is 0 Å². The van der Waals surface area contributed by atoms with Gasteiger partial charge in [-0.3, -0.25) is 0 Å². The molecule has 8 heteroatoms. The lowest BCUT2D eigenvalue weighted by Gasteiger charge is -2.35. The highest BCUT2D eigenvalue weighted by Gasteiger charge is 2.26. The largest absolute Gasteiger partial charge is 0.445 e. The first-order valence-electron chi connectivity index (χ1n) is 11.1. The second kappa shape index (κ2) is 16.9. The van der Waals surface area contributed by atoms with Crippen LogP contribution in [0.4, 0.5) is 4.79 Å². The van der Waals surface area contributed by atoms with Gasteiger partial charge in [0.25, 0.3) is 8.53 Å². The summed E-state index contributed by atoms with van der Waals surface area (Å²) in [6, 6.07) is 12.4. The Labute approximate surface area is 189 Å². The van der Waals surface area contributed by atoms with Gasteiger partial charge in [-0.15, -0.1) is 0 Å². The van der Waals surface area contributed by atoms with Crippen LogP contribution in [0.5, 0.6) is 0 Å². The van der Waals surface area contributed by atoms with Crippen molar-refractivity contribution in [2.45, 2.75) is 78.5 Å².